The van der Waals surface area contributed by atoms with E-state index >= 15 is 0 Å². The summed E-state index contributed by atoms with van der Waals surface area (Å²) in [6, 6.07) is 7.05. The van der Waals surface area contributed by atoms with Crippen LogP contribution in [0, 0.1) is 11.3 Å². The minimum atomic E-state index is -0.843. The number of hydrogen-bond acceptors (Lipinski definition) is 10. The molecule has 0 bridgehead atoms. The van der Waals surface area contributed by atoms with E-state index in [0.717, 1.165) is 24.2 Å². The predicted octanol–water partition coefficient (Wildman–Crippen LogP) is 3.61. The summed E-state index contributed by atoms with van der Waals surface area (Å²) in [5.41, 5.74) is 18.9. The summed E-state index contributed by atoms with van der Waals surface area (Å²) in [7, 11) is 1.48. The second-order valence-corrected chi connectivity index (χ2v) is 8.61. The van der Waals surface area contributed by atoms with E-state index in [2.05, 4.69) is 11.1 Å². The van der Waals surface area contributed by atoms with Gasteiger partial charge in [0.05, 0.1) is 19.4 Å². The van der Waals surface area contributed by atoms with E-state index in [1.165, 1.54) is 7.11 Å². The van der Waals surface area contributed by atoms with Gasteiger partial charge in [0.15, 0.2) is 17.6 Å². The fourth-order valence-electron chi connectivity index (χ4n) is 3.68. The molecule has 11 heteroatoms. The van der Waals surface area contributed by atoms with Crippen molar-refractivity contribution in [2.75, 3.05) is 25.2 Å². The van der Waals surface area contributed by atoms with Crippen LogP contribution in [0.5, 0.6) is 11.5 Å². The Bertz CT molecular complexity index is 1310. The monoisotopic (exact) mass is 497 g/mol. The van der Waals surface area contributed by atoms with E-state index in [1.807, 2.05) is 6.92 Å². The Labute approximate surface area is 206 Å². The summed E-state index contributed by atoms with van der Waals surface area (Å²) < 4.78 is 16.7. The van der Waals surface area contributed by atoms with E-state index in [0.29, 0.717) is 33.5 Å². The number of methoxy groups -OCH3 is 1. The molecule has 10 nitrogen and oxygen atoms in total. The number of benzene rings is 1. The highest BCUT2D eigenvalue weighted by molar-refractivity contribution is 7.21. The van der Waals surface area contributed by atoms with Crippen molar-refractivity contribution in [3.8, 4) is 28.7 Å². The van der Waals surface area contributed by atoms with E-state index in [-0.39, 0.29) is 34.3 Å². The number of nitrogens with two attached hydrogens (primary N) is 3. The Hall–Kier alpha value is -4.04. The molecule has 0 radical (unpaired) electrons. The van der Waals surface area contributed by atoms with Gasteiger partial charge in [0, 0.05) is 10.9 Å². The number of ether oxygens (including phenoxy) is 3. The number of carbonyl (C=O) groups excluding carboxylic acids is 2. The molecule has 0 saturated carbocycles. The van der Waals surface area contributed by atoms with Crippen molar-refractivity contribution in [3.05, 3.63) is 28.6 Å². The molecule has 0 fully saturated rings. The summed E-state index contributed by atoms with van der Waals surface area (Å²) in [5, 5.41) is 10.2. The molecule has 35 heavy (non-hydrogen) atoms. The highest BCUT2D eigenvalue weighted by Crippen LogP contribution is 2.44. The first-order valence-electron chi connectivity index (χ1n) is 11.0. The van der Waals surface area contributed by atoms with Crippen LogP contribution in [0.1, 0.15) is 48.3 Å². The number of hydrogen-bond donors (Lipinski definition) is 3. The minimum absolute atomic E-state index is 0.0158. The number of amides is 1. The van der Waals surface area contributed by atoms with Gasteiger partial charge in [-0.05, 0) is 37.5 Å². The number of nitriles is 1. The van der Waals surface area contributed by atoms with E-state index in [1.54, 1.807) is 25.1 Å². The molecule has 1 atom stereocenters. The van der Waals surface area contributed by atoms with E-state index in [9.17, 15) is 14.9 Å². The number of anilines is 2. The molecule has 1 amide bonds. The Balaban J connectivity index is 2.22. The number of carbonyl (C=O) groups is 2. The molecular formula is C24H27N5O5S. The highest BCUT2D eigenvalue weighted by Gasteiger charge is 2.26. The number of fused-ring (bicyclic) bond motifs is 1. The number of unbranched alkanes of at least 4 members (excludes halogenated alkanes) is 1. The minimum Gasteiger partial charge on any atom is -0.493 e. The average Bonchev–Trinajstić information content (AvgIpc) is 3.16. The maximum atomic E-state index is 12.5. The van der Waals surface area contributed by atoms with Crippen molar-refractivity contribution in [2.45, 2.75) is 39.2 Å². The molecule has 0 saturated heterocycles. The average molecular weight is 498 g/mol. The van der Waals surface area contributed by atoms with Crippen LogP contribution >= 0.6 is 11.3 Å². The second-order valence-electron chi connectivity index (χ2n) is 7.61. The molecule has 2 aromatic heterocycles. The maximum absolute atomic E-state index is 12.5. The summed E-state index contributed by atoms with van der Waals surface area (Å²) in [4.78, 5) is 29.2. The molecule has 3 rings (SSSR count). The summed E-state index contributed by atoms with van der Waals surface area (Å²) in [6.45, 7) is 3.96. The van der Waals surface area contributed by atoms with Gasteiger partial charge in [-0.15, -0.1) is 11.3 Å². The fraction of sp³-hybridized carbons (Fsp3) is 0.333. The Morgan fingerprint density at radius 2 is 1.97 bits per heavy atom. The largest absolute Gasteiger partial charge is 0.493 e. The first kappa shape index (κ1) is 25.6. The van der Waals surface area contributed by atoms with Crippen molar-refractivity contribution in [3.63, 3.8) is 0 Å². The molecule has 2 heterocycles. The van der Waals surface area contributed by atoms with E-state index < -0.39 is 18.0 Å². The number of rotatable bonds is 10. The lowest BCUT2D eigenvalue weighted by molar-refractivity contribution is -0.151. The molecule has 1 aromatic carbocycles. The van der Waals surface area contributed by atoms with Gasteiger partial charge < -0.3 is 31.4 Å². The first-order valence-corrected chi connectivity index (χ1v) is 11.8. The first-order chi connectivity index (χ1) is 16.8. The fourth-order valence-corrected chi connectivity index (χ4v) is 4.65. The zero-order chi connectivity index (χ0) is 25.7. The quantitative estimate of drug-likeness (QED) is 0.353. The molecule has 6 N–H and O–H groups in total. The third-order valence-corrected chi connectivity index (χ3v) is 6.45. The molecular weight excluding hydrogens is 470 g/mol. The molecule has 184 valence electrons. The Morgan fingerprint density at radius 1 is 1.23 bits per heavy atom. The lowest BCUT2D eigenvalue weighted by Crippen LogP contribution is -2.29. The number of nitrogen functional groups attached to an aromatic ring is 2. The molecule has 0 spiro atoms. The van der Waals surface area contributed by atoms with Crippen LogP contribution in [0.4, 0.5) is 11.5 Å². The SMILES string of the molecule is CCCCC(Oc1cc(-c2c(C#N)c(N)nc3sc(C(N)=O)c(N)c23)ccc1OC)C(=O)OCC. The number of primary amides is 1. The van der Waals surface area contributed by atoms with Crippen LogP contribution in [0.2, 0.25) is 0 Å². The van der Waals surface area contributed by atoms with Gasteiger partial charge in [0.25, 0.3) is 5.91 Å². The van der Waals surface area contributed by atoms with Crippen LogP contribution < -0.4 is 26.7 Å². The van der Waals surface area contributed by atoms with Crippen LogP contribution in [-0.2, 0) is 9.53 Å². The number of pyridine rings is 1. The summed E-state index contributed by atoms with van der Waals surface area (Å²) >= 11 is 0.998. The highest BCUT2D eigenvalue weighted by atomic mass is 32.1. The number of aromatic nitrogens is 1. The number of nitrogens with zero attached hydrogens (tertiary/aromatic N) is 2. The molecule has 1 unspecified atom stereocenters. The van der Waals surface area contributed by atoms with Crippen molar-refractivity contribution in [1.29, 1.82) is 5.26 Å². The van der Waals surface area contributed by atoms with Crippen LogP contribution in [0.25, 0.3) is 21.3 Å². The smallest absolute Gasteiger partial charge is 0.347 e. The van der Waals surface area contributed by atoms with E-state index in [4.69, 9.17) is 31.4 Å². The van der Waals surface area contributed by atoms with Gasteiger partial charge in [0.2, 0.25) is 0 Å². The molecule has 0 aliphatic rings. The van der Waals surface area contributed by atoms with Crippen LogP contribution in [-0.4, -0.2) is 36.7 Å². The number of thiophene rings is 1. The van der Waals surface area contributed by atoms with Crippen molar-refractivity contribution in [2.24, 2.45) is 5.73 Å². The maximum Gasteiger partial charge on any atom is 0.347 e. The van der Waals surface area contributed by atoms with Crippen LogP contribution in [0.3, 0.4) is 0 Å². The Kier molecular flexibility index (Phi) is 7.98. The van der Waals surface area contributed by atoms with Crippen LogP contribution in [0.15, 0.2) is 18.2 Å². The van der Waals surface area contributed by atoms with Gasteiger partial charge in [-0.1, -0.05) is 19.4 Å². The van der Waals surface area contributed by atoms with Crippen molar-refractivity contribution >= 4 is 44.9 Å². The van der Waals surface area contributed by atoms with Crippen molar-refractivity contribution in [1.82, 2.24) is 4.98 Å². The molecule has 3 aromatic rings. The zero-order valence-corrected chi connectivity index (χ0v) is 20.5. The topological polar surface area (TPSA) is 177 Å². The predicted molar refractivity (Wildman–Crippen MR) is 134 cm³/mol. The summed E-state index contributed by atoms with van der Waals surface area (Å²) in [5.74, 6) is -0.545. The lowest BCUT2D eigenvalue weighted by atomic mass is 9.96. The van der Waals surface area contributed by atoms with Crippen molar-refractivity contribution < 1.29 is 23.8 Å². The third kappa shape index (κ3) is 5.07. The summed E-state index contributed by atoms with van der Waals surface area (Å²) in [6.07, 6.45) is 1.24. The van der Waals surface area contributed by atoms with Gasteiger partial charge in [-0.25, -0.2) is 9.78 Å². The molecule has 0 aliphatic heterocycles. The zero-order valence-electron chi connectivity index (χ0n) is 19.7. The standard InChI is InChI=1S/C24H27N5O5S/c1-4-6-7-15(24(31)33-5-2)34-16-10-12(8-9-14(16)32-3)17-13(11-25)21(27)29-23-18(17)19(26)20(35-23)22(28)30/h8-10,15H,4-7,26H2,1-3H3,(H2,27,29)(H2,28,30). The van der Waals surface area contributed by atoms with Gasteiger partial charge >= 0.3 is 5.97 Å². The normalized spacial score (nSPS) is 11.6. The van der Waals surface area contributed by atoms with Gasteiger partial charge in [0.1, 0.15) is 27.2 Å². The Morgan fingerprint density at radius 3 is 2.57 bits per heavy atom. The third-order valence-electron chi connectivity index (χ3n) is 5.33. The van der Waals surface area contributed by atoms with Gasteiger partial charge in [-0.3, -0.25) is 4.79 Å². The lowest BCUT2D eigenvalue weighted by Gasteiger charge is -2.20. The number of esters is 1. The van der Waals surface area contributed by atoms with Gasteiger partial charge in [-0.2, -0.15) is 5.26 Å². The molecule has 0 aliphatic carbocycles. The second kappa shape index (κ2) is 10.9.